The zero-order valence-corrected chi connectivity index (χ0v) is 14.4. The molecule has 1 N–H and O–H groups in total. The maximum atomic E-state index is 14.5. The number of fused-ring (bicyclic) bond motifs is 1. The van der Waals surface area contributed by atoms with Gasteiger partial charge in [-0.3, -0.25) is 0 Å². The van der Waals surface area contributed by atoms with Crippen LogP contribution in [-0.4, -0.2) is 6.04 Å². The molecule has 1 aliphatic rings. The molecule has 0 amide bonds. The summed E-state index contributed by atoms with van der Waals surface area (Å²) < 4.78 is 21.1. The van der Waals surface area contributed by atoms with Crippen molar-refractivity contribution in [2.45, 2.75) is 45.7 Å². The van der Waals surface area contributed by atoms with Gasteiger partial charge in [0.25, 0.3) is 0 Å². The fourth-order valence-electron chi connectivity index (χ4n) is 2.56. The van der Waals surface area contributed by atoms with Crippen LogP contribution >= 0.6 is 27.5 Å². The van der Waals surface area contributed by atoms with Gasteiger partial charge in [0.2, 0.25) is 0 Å². The number of nitrogens with one attached hydrogen (secondary N) is 1. The number of hydrogen-bond acceptors (Lipinski definition) is 2. The number of rotatable bonds is 5. The second kappa shape index (κ2) is 5.90. The van der Waals surface area contributed by atoms with E-state index >= 15 is 0 Å². The van der Waals surface area contributed by atoms with Crippen molar-refractivity contribution in [2.24, 2.45) is 5.92 Å². The molecule has 5 heteroatoms. The van der Waals surface area contributed by atoms with Crippen molar-refractivity contribution < 1.29 is 8.81 Å². The molecule has 3 rings (SSSR count). The van der Waals surface area contributed by atoms with Gasteiger partial charge in [-0.25, -0.2) is 4.39 Å². The molecule has 0 radical (unpaired) electrons. The molecular formula is C16H18BrClFNO. The van der Waals surface area contributed by atoms with E-state index in [9.17, 15) is 4.39 Å². The first-order valence-corrected chi connectivity index (χ1v) is 8.45. The number of benzene rings is 1. The van der Waals surface area contributed by atoms with Gasteiger partial charge < -0.3 is 9.73 Å². The monoisotopic (exact) mass is 373 g/mol. The fourth-order valence-corrected chi connectivity index (χ4v) is 3.41. The molecule has 1 fully saturated rings. The smallest absolute Gasteiger partial charge is 0.153 e. The van der Waals surface area contributed by atoms with E-state index in [0.717, 1.165) is 17.7 Å². The van der Waals surface area contributed by atoms with Gasteiger partial charge in [-0.2, -0.15) is 0 Å². The van der Waals surface area contributed by atoms with Crippen LogP contribution in [0.25, 0.3) is 11.0 Å². The molecule has 0 unspecified atom stereocenters. The molecule has 1 aliphatic carbocycles. The Kier molecular flexibility index (Phi) is 4.30. The minimum atomic E-state index is -0.382. The Hall–Kier alpha value is -0.580. The third-order valence-corrected chi connectivity index (χ3v) is 4.60. The minimum Gasteiger partial charge on any atom is -0.458 e. The standard InChI is InChI=1S/C16H18BrClFNO/c1-8(2)5-10-13(7-20-9-3-4-9)21-16-11(17)6-12(18)15(19)14(10)16/h6,8-9,20H,3-5,7H2,1-2H3. The summed E-state index contributed by atoms with van der Waals surface area (Å²) in [6.07, 6.45) is 3.20. The summed E-state index contributed by atoms with van der Waals surface area (Å²) in [4.78, 5) is 0. The van der Waals surface area contributed by atoms with Crippen molar-refractivity contribution in [3.8, 4) is 0 Å². The number of halogens is 3. The molecule has 0 spiro atoms. The van der Waals surface area contributed by atoms with Crippen LogP contribution in [0.2, 0.25) is 5.02 Å². The van der Waals surface area contributed by atoms with Gasteiger partial charge in [0.05, 0.1) is 21.4 Å². The fraction of sp³-hybridized carbons (Fsp3) is 0.500. The van der Waals surface area contributed by atoms with Crippen LogP contribution in [0.3, 0.4) is 0 Å². The molecule has 21 heavy (non-hydrogen) atoms. The van der Waals surface area contributed by atoms with E-state index in [1.54, 1.807) is 6.07 Å². The molecule has 1 saturated carbocycles. The molecule has 0 saturated heterocycles. The lowest BCUT2D eigenvalue weighted by molar-refractivity contribution is 0.499. The van der Waals surface area contributed by atoms with E-state index in [1.807, 2.05) is 0 Å². The first-order valence-electron chi connectivity index (χ1n) is 7.28. The third kappa shape index (κ3) is 3.13. The van der Waals surface area contributed by atoms with Gasteiger partial charge in [0.1, 0.15) is 5.76 Å². The number of furan rings is 1. The summed E-state index contributed by atoms with van der Waals surface area (Å²) in [5, 5.41) is 4.09. The molecule has 1 aromatic heterocycles. The van der Waals surface area contributed by atoms with Crippen molar-refractivity contribution in [3.63, 3.8) is 0 Å². The van der Waals surface area contributed by atoms with Crippen LogP contribution < -0.4 is 5.32 Å². The zero-order chi connectivity index (χ0) is 15.1. The second-order valence-electron chi connectivity index (χ2n) is 6.12. The third-order valence-electron chi connectivity index (χ3n) is 3.73. The van der Waals surface area contributed by atoms with Gasteiger partial charge in [0.15, 0.2) is 11.4 Å². The van der Waals surface area contributed by atoms with Crippen LogP contribution in [0.1, 0.15) is 38.0 Å². The van der Waals surface area contributed by atoms with E-state index in [-0.39, 0.29) is 10.8 Å². The van der Waals surface area contributed by atoms with Crippen molar-refractivity contribution >= 4 is 38.5 Å². The predicted molar refractivity (Wildman–Crippen MR) is 87.3 cm³/mol. The quantitative estimate of drug-likeness (QED) is 0.705. The van der Waals surface area contributed by atoms with Crippen molar-refractivity contribution in [1.82, 2.24) is 5.32 Å². The topological polar surface area (TPSA) is 25.2 Å². The highest BCUT2D eigenvalue weighted by Crippen LogP contribution is 2.38. The molecule has 114 valence electrons. The molecule has 0 bridgehead atoms. The van der Waals surface area contributed by atoms with Crippen LogP contribution in [0.4, 0.5) is 4.39 Å². The lowest BCUT2D eigenvalue weighted by atomic mass is 9.99. The Balaban J connectivity index is 2.11. The van der Waals surface area contributed by atoms with Crippen molar-refractivity contribution in [3.05, 3.63) is 32.7 Å². The summed E-state index contributed by atoms with van der Waals surface area (Å²) >= 11 is 9.41. The SMILES string of the molecule is CC(C)Cc1c(CNC2CC2)oc2c(Br)cc(Cl)c(F)c12. The van der Waals surface area contributed by atoms with Crippen LogP contribution in [0.5, 0.6) is 0 Å². The lowest BCUT2D eigenvalue weighted by Crippen LogP contribution is -2.16. The molecule has 0 aliphatic heterocycles. The van der Waals surface area contributed by atoms with Gasteiger partial charge in [-0.05, 0) is 47.2 Å². The first-order chi connectivity index (χ1) is 9.97. The van der Waals surface area contributed by atoms with Crippen LogP contribution in [0.15, 0.2) is 15.0 Å². The normalized spacial score (nSPS) is 15.3. The van der Waals surface area contributed by atoms with Crippen LogP contribution in [0, 0.1) is 11.7 Å². The largest absolute Gasteiger partial charge is 0.458 e. The zero-order valence-electron chi connectivity index (χ0n) is 12.1. The summed E-state index contributed by atoms with van der Waals surface area (Å²) in [5.74, 6) is 0.863. The summed E-state index contributed by atoms with van der Waals surface area (Å²) in [6.45, 7) is 4.88. The van der Waals surface area contributed by atoms with Gasteiger partial charge in [0, 0.05) is 11.6 Å². The van der Waals surface area contributed by atoms with Crippen molar-refractivity contribution in [2.75, 3.05) is 0 Å². The molecule has 1 aromatic carbocycles. The Morgan fingerprint density at radius 1 is 1.48 bits per heavy atom. The highest BCUT2D eigenvalue weighted by atomic mass is 79.9. The second-order valence-corrected chi connectivity index (χ2v) is 7.38. The van der Waals surface area contributed by atoms with Crippen molar-refractivity contribution in [1.29, 1.82) is 0 Å². The summed E-state index contributed by atoms with van der Waals surface area (Å²) in [6, 6.07) is 2.14. The molecule has 2 nitrogen and oxygen atoms in total. The maximum absolute atomic E-state index is 14.5. The number of hydrogen-bond donors (Lipinski definition) is 1. The van der Waals surface area contributed by atoms with E-state index in [1.165, 1.54) is 12.8 Å². The molecular weight excluding hydrogens is 357 g/mol. The Bertz CT molecular complexity index is 679. The molecule has 2 aromatic rings. The Labute approximate surface area is 137 Å². The first kappa shape index (κ1) is 15.3. The Morgan fingerprint density at radius 3 is 2.81 bits per heavy atom. The van der Waals surface area contributed by atoms with Crippen LogP contribution in [-0.2, 0) is 13.0 Å². The van der Waals surface area contributed by atoms with Gasteiger partial charge in [-0.15, -0.1) is 0 Å². The highest BCUT2D eigenvalue weighted by Gasteiger charge is 2.25. The van der Waals surface area contributed by atoms with Gasteiger partial charge in [-0.1, -0.05) is 25.4 Å². The average Bonchev–Trinajstić information content (AvgIpc) is 3.16. The molecule has 1 heterocycles. The summed E-state index contributed by atoms with van der Waals surface area (Å²) in [5.41, 5.74) is 1.49. The lowest BCUT2D eigenvalue weighted by Gasteiger charge is -2.07. The summed E-state index contributed by atoms with van der Waals surface area (Å²) in [7, 11) is 0. The van der Waals surface area contributed by atoms with E-state index in [2.05, 4.69) is 35.1 Å². The van der Waals surface area contributed by atoms with Gasteiger partial charge >= 0.3 is 0 Å². The van der Waals surface area contributed by atoms with E-state index in [4.69, 9.17) is 16.0 Å². The van der Waals surface area contributed by atoms with E-state index < -0.39 is 0 Å². The predicted octanol–water partition coefficient (Wildman–Crippen LogP) is 5.44. The minimum absolute atomic E-state index is 0.127. The van der Waals surface area contributed by atoms with E-state index in [0.29, 0.717) is 33.9 Å². The highest BCUT2D eigenvalue weighted by molar-refractivity contribution is 9.10. The average molecular weight is 375 g/mol. The molecule has 0 atom stereocenters. The Morgan fingerprint density at radius 2 is 2.19 bits per heavy atom. The maximum Gasteiger partial charge on any atom is 0.153 e.